The van der Waals surface area contributed by atoms with E-state index >= 15 is 0 Å². The van der Waals surface area contributed by atoms with Crippen LogP contribution in [0, 0.1) is 0 Å². The summed E-state index contributed by atoms with van der Waals surface area (Å²) >= 11 is 0. The molecule has 2 heterocycles. The Hall–Kier alpha value is -4.13. The van der Waals surface area contributed by atoms with Crippen molar-refractivity contribution in [2.24, 2.45) is 0 Å². The predicted octanol–water partition coefficient (Wildman–Crippen LogP) is 3.90. The van der Waals surface area contributed by atoms with Crippen molar-refractivity contribution in [1.82, 2.24) is 19.9 Å². The fourth-order valence-corrected chi connectivity index (χ4v) is 2.54. The van der Waals surface area contributed by atoms with E-state index in [-0.39, 0.29) is 5.69 Å². The quantitative estimate of drug-likeness (QED) is 0.421. The van der Waals surface area contributed by atoms with E-state index in [1.54, 1.807) is 18.2 Å². The topological polar surface area (TPSA) is 89.9 Å². The molecule has 7 nitrogen and oxygen atoms in total. The van der Waals surface area contributed by atoms with Crippen LogP contribution in [0.25, 0.3) is 11.3 Å². The van der Waals surface area contributed by atoms with Crippen LogP contribution in [-0.2, 0) is 0 Å². The number of nitrogens with one attached hydrogen (secondary N) is 1. The van der Waals surface area contributed by atoms with Gasteiger partial charge in [-0.3, -0.25) is 4.98 Å². The molecule has 2 aromatic heterocycles. The van der Waals surface area contributed by atoms with Crippen molar-refractivity contribution in [3.05, 3.63) is 91.3 Å². The van der Waals surface area contributed by atoms with Crippen LogP contribution in [0.4, 0.5) is 11.5 Å². The second-order valence-electron chi connectivity index (χ2n) is 5.79. The van der Waals surface area contributed by atoms with Gasteiger partial charge >= 0.3 is 5.97 Å². The van der Waals surface area contributed by atoms with E-state index in [1.807, 2.05) is 42.5 Å². The zero-order chi connectivity index (χ0) is 19.2. The number of anilines is 2. The van der Waals surface area contributed by atoms with Gasteiger partial charge in [0.2, 0.25) is 0 Å². The van der Waals surface area contributed by atoms with Crippen molar-refractivity contribution >= 4 is 17.5 Å². The highest BCUT2D eigenvalue weighted by Crippen LogP contribution is 2.23. The number of aromatic nitrogens is 4. The van der Waals surface area contributed by atoms with Gasteiger partial charge in [-0.15, -0.1) is 0 Å². The minimum absolute atomic E-state index is 0.143. The van der Waals surface area contributed by atoms with Crippen molar-refractivity contribution < 1.29 is 9.53 Å². The van der Waals surface area contributed by atoms with E-state index in [1.165, 1.54) is 24.9 Å². The van der Waals surface area contributed by atoms with Crippen LogP contribution in [-0.4, -0.2) is 25.9 Å². The summed E-state index contributed by atoms with van der Waals surface area (Å²) in [6.07, 6.45) is 5.79. The fraction of sp³-hybridized carbons (Fsp3) is 0. The molecular formula is C21H15N5O2. The lowest BCUT2D eigenvalue weighted by molar-refractivity contribution is 0.0728. The Bertz CT molecular complexity index is 1090. The molecule has 4 aromatic rings. The molecule has 4 rings (SSSR count). The number of rotatable bonds is 5. The lowest BCUT2D eigenvalue weighted by Gasteiger charge is -2.09. The second kappa shape index (κ2) is 8.05. The minimum atomic E-state index is -0.571. The zero-order valence-electron chi connectivity index (χ0n) is 14.7. The molecule has 0 aliphatic heterocycles. The highest BCUT2D eigenvalue weighted by Gasteiger charge is 2.10. The van der Waals surface area contributed by atoms with Gasteiger partial charge in [0.25, 0.3) is 0 Å². The second-order valence-corrected chi connectivity index (χ2v) is 5.79. The van der Waals surface area contributed by atoms with Crippen molar-refractivity contribution in [1.29, 1.82) is 0 Å². The molecule has 1 N–H and O–H groups in total. The first-order valence-electron chi connectivity index (χ1n) is 8.51. The van der Waals surface area contributed by atoms with E-state index in [2.05, 4.69) is 25.3 Å². The molecule has 0 saturated heterocycles. The Morgan fingerprint density at radius 1 is 0.893 bits per heavy atom. The number of ether oxygens (including phenoxy) is 1. The maximum Gasteiger partial charge on any atom is 0.363 e. The summed E-state index contributed by atoms with van der Waals surface area (Å²) in [5.74, 6) is 0.447. The van der Waals surface area contributed by atoms with Crippen LogP contribution in [0.1, 0.15) is 10.5 Å². The normalized spacial score (nSPS) is 10.3. The molecule has 0 unspecified atom stereocenters. The van der Waals surface area contributed by atoms with Gasteiger partial charge in [-0.25, -0.2) is 19.7 Å². The zero-order valence-corrected chi connectivity index (χ0v) is 14.7. The third-order valence-electron chi connectivity index (χ3n) is 3.83. The van der Waals surface area contributed by atoms with Crippen LogP contribution >= 0.6 is 0 Å². The Morgan fingerprint density at radius 3 is 2.61 bits per heavy atom. The molecule has 0 radical (unpaired) electrons. The van der Waals surface area contributed by atoms with Crippen LogP contribution in [0.15, 0.2) is 85.6 Å². The summed E-state index contributed by atoms with van der Waals surface area (Å²) < 4.78 is 5.36. The molecule has 0 amide bonds. The van der Waals surface area contributed by atoms with E-state index in [4.69, 9.17) is 4.74 Å². The van der Waals surface area contributed by atoms with Crippen molar-refractivity contribution in [3.8, 4) is 17.0 Å². The van der Waals surface area contributed by atoms with Gasteiger partial charge in [0.15, 0.2) is 5.69 Å². The number of carbonyl (C=O) groups is 1. The maximum atomic E-state index is 12.1. The molecule has 0 bridgehead atoms. The fourth-order valence-electron chi connectivity index (χ4n) is 2.54. The number of nitrogens with zero attached hydrogens (tertiary/aromatic N) is 4. The molecule has 7 heteroatoms. The number of hydrogen-bond donors (Lipinski definition) is 1. The Labute approximate surface area is 161 Å². The highest BCUT2D eigenvalue weighted by atomic mass is 16.5. The van der Waals surface area contributed by atoms with E-state index in [0.717, 1.165) is 16.9 Å². The monoisotopic (exact) mass is 369 g/mol. The molecule has 28 heavy (non-hydrogen) atoms. The minimum Gasteiger partial charge on any atom is -0.422 e. The molecule has 0 saturated carbocycles. The van der Waals surface area contributed by atoms with Gasteiger partial charge < -0.3 is 10.1 Å². The number of hydrogen-bond acceptors (Lipinski definition) is 7. The summed E-state index contributed by atoms with van der Waals surface area (Å²) in [7, 11) is 0. The third-order valence-corrected chi connectivity index (χ3v) is 3.83. The Balaban J connectivity index is 1.50. The molecule has 0 spiro atoms. The van der Waals surface area contributed by atoms with E-state index in [0.29, 0.717) is 11.6 Å². The summed E-state index contributed by atoms with van der Waals surface area (Å²) in [6.45, 7) is 0. The van der Waals surface area contributed by atoms with Crippen LogP contribution in [0.2, 0.25) is 0 Å². The molecule has 2 aromatic carbocycles. The van der Waals surface area contributed by atoms with Crippen LogP contribution < -0.4 is 10.1 Å². The Kier molecular flexibility index (Phi) is 4.97. The molecule has 0 aliphatic carbocycles. The highest BCUT2D eigenvalue weighted by molar-refractivity contribution is 5.88. The lowest BCUT2D eigenvalue weighted by atomic mass is 10.1. The standard InChI is InChI=1S/C21H15N5O2/c27-21(19-13-22-9-10-23-19)28-17-8-4-7-16(11-17)26-20-12-18(24-14-25-20)15-5-2-1-3-6-15/h1-14H,(H,24,25,26). The van der Waals surface area contributed by atoms with Gasteiger partial charge in [0.05, 0.1) is 11.9 Å². The summed E-state index contributed by atoms with van der Waals surface area (Å²) in [5, 5.41) is 3.20. The third kappa shape index (κ3) is 4.16. The average Bonchev–Trinajstić information content (AvgIpc) is 2.75. The van der Waals surface area contributed by atoms with Gasteiger partial charge in [-0.2, -0.15) is 0 Å². The van der Waals surface area contributed by atoms with Crippen LogP contribution in [0.5, 0.6) is 5.75 Å². The lowest BCUT2D eigenvalue weighted by Crippen LogP contribution is -2.10. The summed E-state index contributed by atoms with van der Waals surface area (Å²) in [5.41, 5.74) is 2.68. The predicted molar refractivity (Wildman–Crippen MR) is 104 cm³/mol. The number of esters is 1. The maximum absolute atomic E-state index is 12.1. The average molecular weight is 369 g/mol. The van der Waals surface area contributed by atoms with Crippen molar-refractivity contribution in [3.63, 3.8) is 0 Å². The Morgan fingerprint density at radius 2 is 1.79 bits per heavy atom. The molecule has 136 valence electrons. The molecule has 0 atom stereocenters. The van der Waals surface area contributed by atoms with Crippen molar-refractivity contribution in [2.75, 3.05) is 5.32 Å². The van der Waals surface area contributed by atoms with Crippen molar-refractivity contribution in [2.45, 2.75) is 0 Å². The number of benzene rings is 2. The summed E-state index contributed by atoms with van der Waals surface area (Å²) in [6, 6.07) is 18.7. The van der Waals surface area contributed by atoms with Crippen LogP contribution in [0.3, 0.4) is 0 Å². The van der Waals surface area contributed by atoms with Gasteiger partial charge in [0, 0.05) is 35.8 Å². The molecule has 0 aliphatic rings. The van der Waals surface area contributed by atoms with E-state index < -0.39 is 5.97 Å². The number of carbonyl (C=O) groups excluding carboxylic acids is 1. The largest absolute Gasteiger partial charge is 0.422 e. The first-order chi connectivity index (χ1) is 13.8. The van der Waals surface area contributed by atoms with Gasteiger partial charge in [0.1, 0.15) is 17.9 Å². The first-order valence-corrected chi connectivity index (χ1v) is 8.51. The smallest absolute Gasteiger partial charge is 0.363 e. The van der Waals surface area contributed by atoms with Gasteiger partial charge in [-0.1, -0.05) is 36.4 Å². The van der Waals surface area contributed by atoms with Gasteiger partial charge in [-0.05, 0) is 12.1 Å². The molecule has 0 fully saturated rings. The van der Waals surface area contributed by atoms with E-state index in [9.17, 15) is 4.79 Å². The first kappa shape index (κ1) is 17.3. The SMILES string of the molecule is O=C(Oc1cccc(Nc2cc(-c3ccccc3)ncn2)c1)c1cnccn1. The summed E-state index contributed by atoms with van der Waals surface area (Å²) in [4.78, 5) is 28.5. The molecular weight excluding hydrogens is 354 g/mol.